The van der Waals surface area contributed by atoms with E-state index < -0.39 is 12.1 Å². The minimum absolute atomic E-state index is 0.326. The van der Waals surface area contributed by atoms with Gasteiger partial charge >= 0.3 is 0 Å². The first kappa shape index (κ1) is 10.6. The van der Waals surface area contributed by atoms with Gasteiger partial charge in [0.25, 0.3) is 6.04 Å². The first-order valence-corrected chi connectivity index (χ1v) is 5.16. The van der Waals surface area contributed by atoms with Crippen LogP contribution in [0.2, 0.25) is 0 Å². The lowest BCUT2D eigenvalue weighted by Crippen LogP contribution is -2.36. The molecule has 5 nitrogen and oxygen atoms in total. The summed E-state index contributed by atoms with van der Waals surface area (Å²) in [5.41, 5.74) is 1.16. The Bertz CT molecular complexity index is 416. The Morgan fingerprint density at radius 2 is 2.12 bits per heavy atom. The highest BCUT2D eigenvalue weighted by Gasteiger charge is 2.43. The maximum Gasteiger partial charge on any atom is 0.297 e. The summed E-state index contributed by atoms with van der Waals surface area (Å²) >= 11 is 0. The quantitative estimate of drug-likeness (QED) is 0.576. The van der Waals surface area contributed by atoms with Gasteiger partial charge in [-0.25, -0.2) is 0 Å². The van der Waals surface area contributed by atoms with Crippen molar-refractivity contribution in [1.29, 1.82) is 0 Å². The minimum Gasteiger partial charge on any atom is -0.384 e. The van der Waals surface area contributed by atoms with E-state index in [4.69, 9.17) is 4.84 Å². The van der Waals surface area contributed by atoms with Crippen molar-refractivity contribution < 1.29 is 9.76 Å². The van der Waals surface area contributed by atoms with Gasteiger partial charge in [-0.15, -0.1) is 0 Å². The number of hydrogen-bond acceptors (Lipinski definition) is 4. The molecule has 0 spiro atoms. The predicted octanol–water partition coefficient (Wildman–Crippen LogP) is 1.84. The molecule has 0 aromatic heterocycles. The Morgan fingerprint density at radius 3 is 2.69 bits per heavy atom. The molecule has 0 saturated heterocycles. The van der Waals surface area contributed by atoms with E-state index in [0.29, 0.717) is 12.1 Å². The Hall–Kier alpha value is -1.91. The van der Waals surface area contributed by atoms with E-state index in [1.54, 1.807) is 12.1 Å². The second-order valence-corrected chi connectivity index (χ2v) is 3.62. The molecular weight excluding hydrogens is 208 g/mol. The normalized spacial score (nSPS) is 23.7. The molecule has 1 heterocycles. The van der Waals surface area contributed by atoms with Crippen LogP contribution < -0.4 is 0 Å². The van der Waals surface area contributed by atoms with E-state index in [-0.39, 0.29) is 4.92 Å². The summed E-state index contributed by atoms with van der Waals surface area (Å²) in [4.78, 5) is 15.8. The van der Waals surface area contributed by atoms with Gasteiger partial charge < -0.3 is 4.84 Å². The minimum atomic E-state index is -0.854. The number of oxime groups is 1. The van der Waals surface area contributed by atoms with Crippen LogP contribution in [-0.2, 0) is 4.84 Å². The lowest BCUT2D eigenvalue weighted by atomic mass is 9.99. The van der Waals surface area contributed by atoms with E-state index in [0.717, 1.165) is 5.56 Å². The smallest absolute Gasteiger partial charge is 0.297 e. The molecule has 1 aliphatic heterocycles. The molecule has 1 aliphatic rings. The van der Waals surface area contributed by atoms with Crippen LogP contribution in [0, 0.1) is 10.1 Å². The number of nitro groups is 1. The van der Waals surface area contributed by atoms with Gasteiger partial charge in [-0.2, -0.15) is 0 Å². The summed E-state index contributed by atoms with van der Waals surface area (Å²) in [6.45, 7) is 1.85. The third-order valence-electron chi connectivity index (χ3n) is 2.62. The Balaban J connectivity index is 2.32. The highest BCUT2D eigenvalue weighted by atomic mass is 16.7. The molecule has 0 radical (unpaired) electrons. The SMILES string of the molecule is CC[C@@H]1ON=C(c2ccccc2)[C@@H]1[N+](=O)[O-]. The van der Waals surface area contributed by atoms with Crippen LogP contribution in [0.25, 0.3) is 0 Å². The van der Waals surface area contributed by atoms with Gasteiger partial charge in [-0.3, -0.25) is 10.1 Å². The molecule has 0 N–H and O–H groups in total. The molecule has 0 amide bonds. The van der Waals surface area contributed by atoms with Crippen molar-refractivity contribution in [2.45, 2.75) is 25.5 Å². The maximum absolute atomic E-state index is 11.0. The molecule has 2 rings (SSSR count). The van der Waals surface area contributed by atoms with Gasteiger partial charge in [0.2, 0.25) is 0 Å². The van der Waals surface area contributed by atoms with Crippen LogP contribution in [-0.4, -0.2) is 22.8 Å². The van der Waals surface area contributed by atoms with Gasteiger partial charge in [0.05, 0.1) is 0 Å². The standard InChI is InChI=1S/C11H12N2O3/c1-2-9-11(13(14)15)10(12-16-9)8-6-4-3-5-7-8/h3-7,9,11H,2H2,1H3/t9-,11+/m0/s1. The molecule has 0 bridgehead atoms. The molecule has 0 saturated carbocycles. The maximum atomic E-state index is 11.0. The second-order valence-electron chi connectivity index (χ2n) is 3.62. The highest BCUT2D eigenvalue weighted by Crippen LogP contribution is 2.21. The first-order chi connectivity index (χ1) is 7.74. The lowest BCUT2D eigenvalue weighted by Gasteiger charge is -2.09. The summed E-state index contributed by atoms with van der Waals surface area (Å²) in [7, 11) is 0. The first-order valence-electron chi connectivity index (χ1n) is 5.16. The van der Waals surface area contributed by atoms with Crippen LogP contribution in [0.1, 0.15) is 18.9 Å². The largest absolute Gasteiger partial charge is 0.384 e. The zero-order valence-electron chi connectivity index (χ0n) is 8.87. The fraction of sp³-hybridized carbons (Fsp3) is 0.364. The third kappa shape index (κ3) is 1.76. The summed E-state index contributed by atoms with van der Waals surface area (Å²) in [5.74, 6) is 0. The molecule has 0 unspecified atom stereocenters. The summed E-state index contributed by atoms with van der Waals surface area (Å²) in [5, 5.41) is 14.8. The monoisotopic (exact) mass is 220 g/mol. The number of nitrogens with zero attached hydrogens (tertiary/aromatic N) is 2. The fourth-order valence-electron chi connectivity index (χ4n) is 1.78. The lowest BCUT2D eigenvalue weighted by molar-refractivity contribution is -0.511. The molecule has 2 atom stereocenters. The van der Waals surface area contributed by atoms with Crippen molar-refractivity contribution in [1.82, 2.24) is 0 Å². The van der Waals surface area contributed by atoms with Crippen molar-refractivity contribution in [3.05, 3.63) is 46.0 Å². The van der Waals surface area contributed by atoms with Gasteiger partial charge in [0.1, 0.15) is 0 Å². The molecule has 5 heteroatoms. The number of hydrogen-bond donors (Lipinski definition) is 0. The number of benzene rings is 1. The molecule has 16 heavy (non-hydrogen) atoms. The molecule has 1 aromatic carbocycles. The molecule has 84 valence electrons. The number of rotatable bonds is 3. The van der Waals surface area contributed by atoms with Crippen LogP contribution >= 0.6 is 0 Å². The Labute approximate surface area is 92.9 Å². The van der Waals surface area contributed by atoms with Gasteiger partial charge in [-0.1, -0.05) is 42.4 Å². The summed E-state index contributed by atoms with van der Waals surface area (Å²) < 4.78 is 0. The van der Waals surface area contributed by atoms with Crippen LogP contribution in [0.5, 0.6) is 0 Å². The third-order valence-corrected chi connectivity index (χ3v) is 2.62. The van der Waals surface area contributed by atoms with E-state index >= 15 is 0 Å². The average Bonchev–Trinajstić information content (AvgIpc) is 2.73. The molecular formula is C11H12N2O3. The molecule has 0 aliphatic carbocycles. The zero-order chi connectivity index (χ0) is 11.5. The summed E-state index contributed by atoms with van der Waals surface area (Å²) in [6, 6.07) is 8.26. The van der Waals surface area contributed by atoms with E-state index in [1.165, 1.54) is 0 Å². The van der Waals surface area contributed by atoms with Crippen molar-refractivity contribution >= 4 is 5.71 Å². The van der Waals surface area contributed by atoms with E-state index in [9.17, 15) is 10.1 Å². The highest BCUT2D eigenvalue weighted by molar-refractivity contribution is 6.04. The van der Waals surface area contributed by atoms with Crippen LogP contribution in [0.15, 0.2) is 35.5 Å². The topological polar surface area (TPSA) is 64.7 Å². The predicted molar refractivity (Wildman–Crippen MR) is 58.9 cm³/mol. The van der Waals surface area contributed by atoms with Gasteiger partial charge in [-0.05, 0) is 6.42 Å². The van der Waals surface area contributed by atoms with Crippen molar-refractivity contribution in [3.63, 3.8) is 0 Å². The van der Waals surface area contributed by atoms with Crippen molar-refractivity contribution in [2.75, 3.05) is 0 Å². The summed E-state index contributed by atoms with van der Waals surface area (Å²) in [6.07, 6.45) is 0.121. The van der Waals surface area contributed by atoms with Gasteiger partial charge in [0, 0.05) is 10.5 Å². The fourth-order valence-corrected chi connectivity index (χ4v) is 1.78. The van der Waals surface area contributed by atoms with Crippen LogP contribution in [0.4, 0.5) is 0 Å². The van der Waals surface area contributed by atoms with Gasteiger partial charge in [0.15, 0.2) is 11.8 Å². The second kappa shape index (κ2) is 4.30. The molecule has 1 aromatic rings. The van der Waals surface area contributed by atoms with E-state index in [1.807, 2.05) is 25.1 Å². The van der Waals surface area contributed by atoms with Crippen LogP contribution in [0.3, 0.4) is 0 Å². The van der Waals surface area contributed by atoms with Crippen molar-refractivity contribution in [3.8, 4) is 0 Å². The zero-order valence-corrected chi connectivity index (χ0v) is 8.87. The van der Waals surface area contributed by atoms with Crippen molar-refractivity contribution in [2.24, 2.45) is 5.16 Å². The van der Waals surface area contributed by atoms with E-state index in [2.05, 4.69) is 5.16 Å². The molecule has 0 fully saturated rings. The Morgan fingerprint density at radius 1 is 1.44 bits per heavy atom. The Kier molecular flexibility index (Phi) is 2.85. The average molecular weight is 220 g/mol.